The summed E-state index contributed by atoms with van der Waals surface area (Å²) in [7, 11) is 0. The number of phenols is 1. The zero-order chi connectivity index (χ0) is 9.84. The molecule has 13 heavy (non-hydrogen) atoms. The monoisotopic (exact) mass is 182 g/mol. The zero-order valence-corrected chi connectivity index (χ0v) is 6.84. The molecule has 0 radical (unpaired) electrons. The highest BCUT2D eigenvalue weighted by molar-refractivity contribution is 5.67. The first kappa shape index (κ1) is 9.54. The molecule has 0 fully saturated rings. The molecule has 3 N–H and O–H groups in total. The summed E-state index contributed by atoms with van der Waals surface area (Å²) in [6.45, 7) is 0. The topological polar surface area (TPSA) is 77.8 Å². The summed E-state index contributed by atoms with van der Waals surface area (Å²) in [4.78, 5) is 10.2. The van der Waals surface area contributed by atoms with Crippen molar-refractivity contribution >= 4 is 5.97 Å². The third-order valence-corrected chi connectivity index (χ3v) is 1.65. The molecule has 0 aliphatic rings. The summed E-state index contributed by atoms with van der Waals surface area (Å²) >= 11 is 0. The lowest BCUT2D eigenvalue weighted by Gasteiger charge is -2.07. The lowest BCUT2D eigenvalue weighted by atomic mass is 10.1. The van der Waals surface area contributed by atoms with Crippen LogP contribution in [0.25, 0.3) is 0 Å². The summed E-state index contributed by atoms with van der Waals surface area (Å²) in [5, 5.41) is 26.6. The molecule has 4 heteroatoms. The SMILES string of the molecule is O=C(O)CC(O)c1ccc(O)cc1. The molecule has 70 valence electrons. The van der Waals surface area contributed by atoms with Crippen LogP contribution in [0.3, 0.4) is 0 Å². The molecule has 0 heterocycles. The summed E-state index contributed by atoms with van der Waals surface area (Å²) in [5.41, 5.74) is 0.486. The molecule has 0 saturated heterocycles. The highest BCUT2D eigenvalue weighted by Crippen LogP contribution is 2.18. The second kappa shape index (κ2) is 3.91. The van der Waals surface area contributed by atoms with Crippen molar-refractivity contribution in [1.82, 2.24) is 0 Å². The van der Waals surface area contributed by atoms with Crippen LogP contribution in [0.2, 0.25) is 0 Å². The van der Waals surface area contributed by atoms with Gasteiger partial charge < -0.3 is 15.3 Å². The molecule has 1 atom stereocenters. The minimum atomic E-state index is -1.06. The average Bonchev–Trinajstić information content (AvgIpc) is 2.04. The van der Waals surface area contributed by atoms with Crippen molar-refractivity contribution in [3.63, 3.8) is 0 Å². The van der Waals surface area contributed by atoms with Crippen molar-refractivity contribution in [3.05, 3.63) is 29.8 Å². The maximum atomic E-state index is 10.2. The van der Waals surface area contributed by atoms with E-state index in [1.807, 2.05) is 0 Å². The molecular weight excluding hydrogens is 172 g/mol. The van der Waals surface area contributed by atoms with Crippen molar-refractivity contribution in [2.24, 2.45) is 0 Å². The molecule has 0 aromatic heterocycles. The first-order chi connectivity index (χ1) is 6.09. The molecule has 0 amide bonds. The minimum Gasteiger partial charge on any atom is -0.508 e. The van der Waals surface area contributed by atoms with E-state index in [0.29, 0.717) is 5.56 Å². The quantitative estimate of drug-likeness (QED) is 0.649. The van der Waals surface area contributed by atoms with Gasteiger partial charge in [-0.15, -0.1) is 0 Å². The lowest BCUT2D eigenvalue weighted by molar-refractivity contribution is -0.139. The first-order valence-electron chi connectivity index (χ1n) is 3.78. The number of aliphatic carboxylic acids is 1. The fourth-order valence-electron chi connectivity index (χ4n) is 0.980. The third-order valence-electron chi connectivity index (χ3n) is 1.65. The van der Waals surface area contributed by atoms with E-state index in [9.17, 15) is 9.90 Å². The van der Waals surface area contributed by atoms with Gasteiger partial charge in [0.25, 0.3) is 0 Å². The first-order valence-corrected chi connectivity index (χ1v) is 3.78. The summed E-state index contributed by atoms with van der Waals surface area (Å²) in [6.07, 6.45) is -1.34. The number of hydrogen-bond acceptors (Lipinski definition) is 3. The van der Waals surface area contributed by atoms with Crippen LogP contribution in [0.15, 0.2) is 24.3 Å². The molecule has 4 nitrogen and oxygen atoms in total. The van der Waals surface area contributed by atoms with Crippen LogP contribution >= 0.6 is 0 Å². The van der Waals surface area contributed by atoms with E-state index in [4.69, 9.17) is 10.2 Å². The van der Waals surface area contributed by atoms with Crippen molar-refractivity contribution in [1.29, 1.82) is 0 Å². The van der Waals surface area contributed by atoms with Gasteiger partial charge >= 0.3 is 5.97 Å². The fourth-order valence-corrected chi connectivity index (χ4v) is 0.980. The number of aliphatic hydroxyl groups excluding tert-OH is 1. The summed E-state index contributed by atoms with van der Waals surface area (Å²) in [5.74, 6) is -0.966. The predicted octanol–water partition coefficient (Wildman–Crippen LogP) is 0.900. The normalized spacial score (nSPS) is 12.4. The van der Waals surface area contributed by atoms with Crippen LogP contribution in [0.4, 0.5) is 0 Å². The van der Waals surface area contributed by atoms with Crippen molar-refractivity contribution in [2.45, 2.75) is 12.5 Å². The molecule has 0 saturated carbocycles. The van der Waals surface area contributed by atoms with Crippen LogP contribution in [-0.4, -0.2) is 21.3 Å². The molecular formula is C9H10O4. The second-order valence-electron chi connectivity index (χ2n) is 2.71. The Bertz CT molecular complexity index is 291. The van der Waals surface area contributed by atoms with Crippen LogP contribution < -0.4 is 0 Å². The number of benzene rings is 1. The molecule has 0 aliphatic heterocycles. The van der Waals surface area contributed by atoms with Gasteiger partial charge in [-0.1, -0.05) is 12.1 Å². The Morgan fingerprint density at radius 3 is 2.31 bits per heavy atom. The Morgan fingerprint density at radius 2 is 1.85 bits per heavy atom. The van der Waals surface area contributed by atoms with Crippen molar-refractivity contribution < 1.29 is 20.1 Å². The number of carbonyl (C=O) groups is 1. The van der Waals surface area contributed by atoms with Gasteiger partial charge in [-0.05, 0) is 17.7 Å². The van der Waals surface area contributed by atoms with E-state index < -0.39 is 12.1 Å². The number of carboxylic acids is 1. The smallest absolute Gasteiger partial charge is 0.306 e. The van der Waals surface area contributed by atoms with Gasteiger partial charge in [0.15, 0.2) is 0 Å². The summed E-state index contributed by atoms with van der Waals surface area (Å²) < 4.78 is 0. The molecule has 0 aliphatic carbocycles. The van der Waals surface area contributed by atoms with E-state index >= 15 is 0 Å². The van der Waals surface area contributed by atoms with E-state index in [1.165, 1.54) is 24.3 Å². The highest BCUT2D eigenvalue weighted by Gasteiger charge is 2.11. The van der Waals surface area contributed by atoms with Gasteiger partial charge in [-0.2, -0.15) is 0 Å². The largest absolute Gasteiger partial charge is 0.508 e. The van der Waals surface area contributed by atoms with E-state index in [0.717, 1.165) is 0 Å². The third kappa shape index (κ3) is 2.76. The molecule has 1 aromatic carbocycles. The van der Waals surface area contributed by atoms with E-state index in [1.54, 1.807) is 0 Å². The Morgan fingerprint density at radius 1 is 1.31 bits per heavy atom. The zero-order valence-electron chi connectivity index (χ0n) is 6.84. The molecule has 0 spiro atoms. The Balaban J connectivity index is 2.71. The van der Waals surface area contributed by atoms with Crippen LogP contribution in [0, 0.1) is 0 Å². The molecule has 0 bridgehead atoms. The van der Waals surface area contributed by atoms with Crippen LogP contribution in [0.1, 0.15) is 18.1 Å². The summed E-state index contributed by atoms with van der Waals surface area (Å²) in [6, 6.07) is 5.78. The maximum absolute atomic E-state index is 10.2. The number of carboxylic acid groups (broad SMARTS) is 1. The maximum Gasteiger partial charge on any atom is 0.306 e. The predicted molar refractivity (Wildman–Crippen MR) is 45.3 cm³/mol. The van der Waals surface area contributed by atoms with Gasteiger partial charge in [0, 0.05) is 0 Å². The Hall–Kier alpha value is -1.55. The van der Waals surface area contributed by atoms with E-state index in [-0.39, 0.29) is 12.2 Å². The highest BCUT2D eigenvalue weighted by atomic mass is 16.4. The molecule has 1 unspecified atom stereocenters. The van der Waals surface area contributed by atoms with Crippen molar-refractivity contribution in [3.8, 4) is 5.75 Å². The second-order valence-corrected chi connectivity index (χ2v) is 2.71. The molecule has 1 rings (SSSR count). The van der Waals surface area contributed by atoms with Gasteiger partial charge in [-0.25, -0.2) is 0 Å². The van der Waals surface area contributed by atoms with Crippen molar-refractivity contribution in [2.75, 3.05) is 0 Å². The lowest BCUT2D eigenvalue weighted by Crippen LogP contribution is -2.04. The number of aromatic hydroxyl groups is 1. The Kier molecular flexibility index (Phi) is 2.87. The van der Waals surface area contributed by atoms with Gasteiger partial charge in [0.1, 0.15) is 5.75 Å². The van der Waals surface area contributed by atoms with Gasteiger partial charge in [-0.3, -0.25) is 4.79 Å². The number of aliphatic hydroxyl groups is 1. The standard InChI is InChI=1S/C9H10O4/c10-7-3-1-6(2-4-7)8(11)5-9(12)13/h1-4,8,10-11H,5H2,(H,12,13). The number of phenolic OH excluding ortho intramolecular Hbond substituents is 1. The fraction of sp³-hybridized carbons (Fsp3) is 0.222. The Labute approximate surface area is 75.1 Å². The van der Waals surface area contributed by atoms with Gasteiger partial charge in [0.2, 0.25) is 0 Å². The van der Waals surface area contributed by atoms with Gasteiger partial charge in [0.05, 0.1) is 12.5 Å². The average molecular weight is 182 g/mol. The van der Waals surface area contributed by atoms with E-state index in [2.05, 4.69) is 0 Å². The molecule has 1 aromatic rings. The number of rotatable bonds is 3. The van der Waals surface area contributed by atoms with Crippen LogP contribution in [-0.2, 0) is 4.79 Å². The number of hydrogen-bond donors (Lipinski definition) is 3. The van der Waals surface area contributed by atoms with Crippen LogP contribution in [0.5, 0.6) is 5.75 Å². The minimum absolute atomic E-state index is 0.0891.